The molecule has 0 N–H and O–H groups in total. The first-order valence-electron chi connectivity index (χ1n) is 9.83. The molecule has 5 atom stereocenters. The van der Waals surface area contributed by atoms with Crippen LogP contribution >= 0.6 is 27.5 Å². The second kappa shape index (κ2) is 6.07. The molecule has 2 aromatic carbocycles. The van der Waals surface area contributed by atoms with Gasteiger partial charge >= 0.3 is 0 Å². The van der Waals surface area contributed by atoms with Crippen molar-refractivity contribution in [1.29, 1.82) is 0 Å². The van der Waals surface area contributed by atoms with Gasteiger partial charge in [-0.15, -0.1) is 0 Å². The van der Waals surface area contributed by atoms with Crippen LogP contribution in [0.15, 0.2) is 71.3 Å². The van der Waals surface area contributed by atoms with E-state index in [-0.39, 0.29) is 12.0 Å². The van der Waals surface area contributed by atoms with Crippen LogP contribution in [0.2, 0.25) is 5.02 Å². The maximum atomic E-state index is 6.93. The first-order chi connectivity index (χ1) is 14.1. The van der Waals surface area contributed by atoms with Gasteiger partial charge in [-0.1, -0.05) is 70.0 Å². The largest absolute Gasteiger partial charge is 0.479 e. The third-order valence-electron chi connectivity index (χ3n) is 7.08. The average molecular weight is 469 g/mol. The van der Waals surface area contributed by atoms with Gasteiger partial charge in [0.2, 0.25) is 0 Å². The number of aromatic nitrogens is 1. The number of hydrogen-bond acceptors (Lipinski definition) is 3. The number of rotatable bonds is 2. The molecule has 2 fully saturated rings. The fourth-order valence-corrected chi connectivity index (χ4v) is 6.34. The molecule has 3 aliphatic rings. The van der Waals surface area contributed by atoms with Gasteiger partial charge in [0.1, 0.15) is 5.75 Å². The Kier molecular flexibility index (Phi) is 3.75. The SMILES string of the molecule is C[C@]12c3ncc(Cl)cc3O[C@@]1(c1ccc(Br)cc1)[C@H](c1ccccc1)[C@H]1CO[C@H]12. The van der Waals surface area contributed by atoms with Crippen molar-refractivity contribution in [2.45, 2.75) is 30.0 Å². The van der Waals surface area contributed by atoms with E-state index in [1.165, 1.54) is 5.56 Å². The summed E-state index contributed by atoms with van der Waals surface area (Å²) < 4.78 is 14.2. The molecule has 1 aliphatic carbocycles. The number of benzene rings is 2. The lowest BCUT2D eigenvalue weighted by molar-refractivity contribution is -0.128. The molecule has 1 saturated carbocycles. The van der Waals surface area contributed by atoms with Gasteiger partial charge in [0.15, 0.2) is 5.60 Å². The minimum Gasteiger partial charge on any atom is -0.479 e. The van der Waals surface area contributed by atoms with Crippen LogP contribution in [-0.2, 0) is 15.8 Å². The first-order valence-corrected chi connectivity index (χ1v) is 11.0. The molecule has 6 rings (SSSR count). The third-order valence-corrected chi connectivity index (χ3v) is 7.81. The van der Waals surface area contributed by atoms with Crippen molar-refractivity contribution in [3.63, 3.8) is 0 Å². The minimum atomic E-state index is -0.610. The number of halogens is 2. The van der Waals surface area contributed by atoms with Gasteiger partial charge in [-0.2, -0.15) is 0 Å². The lowest BCUT2D eigenvalue weighted by Gasteiger charge is -2.42. The Labute approximate surface area is 183 Å². The highest BCUT2D eigenvalue weighted by atomic mass is 79.9. The average Bonchev–Trinajstić information content (AvgIpc) is 3.02. The summed E-state index contributed by atoms with van der Waals surface area (Å²) in [5.74, 6) is 1.29. The van der Waals surface area contributed by atoms with Gasteiger partial charge in [0, 0.05) is 28.6 Å². The molecular weight excluding hydrogens is 450 g/mol. The number of pyridine rings is 1. The summed E-state index contributed by atoms with van der Waals surface area (Å²) in [6.45, 7) is 2.99. The van der Waals surface area contributed by atoms with Crippen LogP contribution in [-0.4, -0.2) is 17.7 Å². The maximum Gasteiger partial charge on any atom is 0.155 e. The zero-order chi connectivity index (χ0) is 19.8. The van der Waals surface area contributed by atoms with Crippen molar-refractivity contribution in [3.8, 4) is 5.75 Å². The van der Waals surface area contributed by atoms with Crippen molar-refractivity contribution >= 4 is 27.5 Å². The van der Waals surface area contributed by atoms with Crippen molar-refractivity contribution in [2.24, 2.45) is 5.92 Å². The summed E-state index contributed by atoms with van der Waals surface area (Å²) in [4.78, 5) is 4.76. The fourth-order valence-electron chi connectivity index (χ4n) is 5.93. The van der Waals surface area contributed by atoms with Gasteiger partial charge in [0.05, 0.1) is 28.8 Å². The van der Waals surface area contributed by atoms with Crippen LogP contribution in [0.4, 0.5) is 0 Å². The van der Waals surface area contributed by atoms with E-state index in [1.807, 2.05) is 6.07 Å². The molecule has 0 bridgehead atoms. The third kappa shape index (κ3) is 2.15. The summed E-state index contributed by atoms with van der Waals surface area (Å²) in [5, 5.41) is 0.584. The molecule has 5 heteroatoms. The van der Waals surface area contributed by atoms with Crippen molar-refractivity contribution in [2.75, 3.05) is 6.61 Å². The van der Waals surface area contributed by atoms with E-state index in [9.17, 15) is 0 Å². The Balaban J connectivity index is 1.66. The standard InChI is InChI=1S/C24H19BrClNO2/c1-23-21-19(11-17(26)12-27-21)29-24(23,15-7-9-16(25)10-8-15)20(18-13-28-22(18)23)14-5-3-2-4-6-14/h2-12,18,20,22H,13H2,1H3/t18-,20-,22-,23-,24+/m1/s1. The number of hydrogen-bond donors (Lipinski definition) is 0. The summed E-state index contributed by atoms with van der Waals surface area (Å²) in [6, 6.07) is 21.1. The highest BCUT2D eigenvalue weighted by molar-refractivity contribution is 9.10. The van der Waals surface area contributed by atoms with Crippen LogP contribution < -0.4 is 4.74 Å². The zero-order valence-electron chi connectivity index (χ0n) is 15.8. The molecule has 1 saturated heterocycles. The monoisotopic (exact) mass is 467 g/mol. The Morgan fingerprint density at radius 3 is 2.55 bits per heavy atom. The molecule has 3 heterocycles. The Morgan fingerprint density at radius 1 is 1.10 bits per heavy atom. The fraction of sp³-hybridized carbons (Fsp3) is 0.292. The van der Waals surface area contributed by atoms with E-state index in [0.717, 1.165) is 28.1 Å². The number of fused-ring (bicyclic) bond motifs is 5. The van der Waals surface area contributed by atoms with Crippen molar-refractivity contribution < 1.29 is 9.47 Å². The topological polar surface area (TPSA) is 31.4 Å². The van der Waals surface area contributed by atoms with Crippen LogP contribution in [0, 0.1) is 5.92 Å². The molecule has 3 nitrogen and oxygen atoms in total. The molecule has 2 aliphatic heterocycles. The van der Waals surface area contributed by atoms with E-state index in [0.29, 0.717) is 10.9 Å². The smallest absolute Gasteiger partial charge is 0.155 e. The van der Waals surface area contributed by atoms with E-state index in [1.54, 1.807) is 6.20 Å². The van der Waals surface area contributed by atoms with Crippen LogP contribution in [0.5, 0.6) is 5.75 Å². The Morgan fingerprint density at radius 2 is 1.86 bits per heavy atom. The van der Waals surface area contributed by atoms with Gasteiger partial charge < -0.3 is 9.47 Å². The number of ether oxygens (including phenoxy) is 2. The van der Waals surface area contributed by atoms with Crippen molar-refractivity contribution in [3.05, 3.63) is 93.2 Å². The Bertz CT molecular complexity index is 1110. The van der Waals surface area contributed by atoms with Gasteiger partial charge in [0.25, 0.3) is 0 Å². The lowest BCUT2D eigenvalue weighted by atomic mass is 9.66. The van der Waals surface area contributed by atoms with E-state index in [2.05, 4.69) is 77.5 Å². The number of nitrogens with zero attached hydrogens (tertiary/aromatic N) is 1. The van der Waals surface area contributed by atoms with Gasteiger partial charge in [-0.05, 0) is 30.2 Å². The van der Waals surface area contributed by atoms with Crippen LogP contribution in [0.25, 0.3) is 0 Å². The normalized spacial score (nSPS) is 34.0. The molecule has 29 heavy (non-hydrogen) atoms. The molecule has 146 valence electrons. The summed E-state index contributed by atoms with van der Waals surface area (Å²) >= 11 is 9.87. The van der Waals surface area contributed by atoms with Crippen LogP contribution in [0.3, 0.4) is 0 Å². The summed E-state index contributed by atoms with van der Waals surface area (Å²) in [5.41, 5.74) is 2.34. The zero-order valence-corrected chi connectivity index (χ0v) is 18.2. The molecule has 0 radical (unpaired) electrons. The van der Waals surface area contributed by atoms with E-state index < -0.39 is 11.0 Å². The van der Waals surface area contributed by atoms with Crippen molar-refractivity contribution in [1.82, 2.24) is 4.98 Å². The van der Waals surface area contributed by atoms with Gasteiger partial charge in [-0.3, -0.25) is 4.98 Å². The molecule has 0 spiro atoms. The predicted octanol–water partition coefficient (Wildman–Crippen LogP) is 5.86. The molecular formula is C24H19BrClNO2. The van der Waals surface area contributed by atoms with E-state index in [4.69, 9.17) is 26.1 Å². The summed E-state index contributed by atoms with van der Waals surface area (Å²) in [6.07, 6.45) is 1.77. The molecule has 0 amide bonds. The minimum absolute atomic E-state index is 0.0475. The highest BCUT2D eigenvalue weighted by Gasteiger charge is 2.77. The molecule has 1 aromatic heterocycles. The van der Waals surface area contributed by atoms with Crippen LogP contribution in [0.1, 0.15) is 29.7 Å². The first kappa shape index (κ1) is 17.9. The quantitative estimate of drug-likeness (QED) is 0.472. The lowest BCUT2D eigenvalue weighted by Crippen LogP contribution is -2.52. The van der Waals surface area contributed by atoms with E-state index >= 15 is 0 Å². The predicted molar refractivity (Wildman–Crippen MR) is 115 cm³/mol. The summed E-state index contributed by atoms with van der Waals surface area (Å²) in [7, 11) is 0. The second-order valence-corrected chi connectivity index (χ2v) is 9.71. The Hall–Kier alpha value is -1.88. The van der Waals surface area contributed by atoms with Gasteiger partial charge in [-0.25, -0.2) is 0 Å². The second-order valence-electron chi connectivity index (χ2n) is 8.35. The highest BCUT2D eigenvalue weighted by Crippen LogP contribution is 2.71. The molecule has 0 unspecified atom stereocenters. The molecule has 3 aromatic rings. The maximum absolute atomic E-state index is 6.93.